The first kappa shape index (κ1) is 32.9. The third-order valence-electron chi connectivity index (χ3n) is 6.17. The van der Waals surface area contributed by atoms with Gasteiger partial charge in [0, 0.05) is 17.9 Å². The molecule has 0 bridgehead atoms. The largest absolute Gasteiger partial charge is 0.478 e. The van der Waals surface area contributed by atoms with Gasteiger partial charge in [-0.25, -0.2) is 19.2 Å². The summed E-state index contributed by atoms with van der Waals surface area (Å²) >= 11 is 0. The lowest BCUT2D eigenvalue weighted by atomic mass is 9.96. The Labute approximate surface area is 252 Å². The summed E-state index contributed by atoms with van der Waals surface area (Å²) in [5, 5.41) is 45.3. The van der Waals surface area contributed by atoms with Gasteiger partial charge in [0.25, 0.3) is 17.7 Å². The second-order valence-corrected chi connectivity index (χ2v) is 9.21. The molecule has 0 aliphatic heterocycles. The molecule has 0 radical (unpaired) electrons. The van der Waals surface area contributed by atoms with Crippen LogP contribution in [-0.2, 0) is 0 Å². The highest BCUT2D eigenvalue weighted by Crippen LogP contribution is 2.23. The van der Waals surface area contributed by atoms with E-state index in [0.29, 0.717) is 18.6 Å². The fraction of sp³-hybridized carbons (Fsp3) is 0.103. The van der Waals surface area contributed by atoms with Crippen molar-refractivity contribution >= 4 is 58.9 Å². The summed E-state index contributed by atoms with van der Waals surface area (Å²) in [5.41, 5.74) is 0.392. The van der Waals surface area contributed by atoms with Crippen LogP contribution >= 0.6 is 0 Å². The van der Waals surface area contributed by atoms with Gasteiger partial charge in [0.2, 0.25) is 5.91 Å². The topological polar surface area (TPSA) is 280 Å². The number of carbonyl (C=O) groups excluding carboxylic acids is 4. The number of rotatable bonds is 12. The number of benzene rings is 3. The number of anilines is 2. The van der Waals surface area contributed by atoms with Gasteiger partial charge in [-0.15, -0.1) is 0 Å². The van der Waals surface area contributed by atoms with Crippen molar-refractivity contribution in [1.29, 1.82) is 0 Å². The number of aromatic carboxylic acids is 4. The van der Waals surface area contributed by atoms with Crippen LogP contribution in [0.5, 0.6) is 0 Å². The molecule has 0 fully saturated rings. The average molecular weight is 621 g/mol. The van der Waals surface area contributed by atoms with Crippen LogP contribution < -0.4 is 21.7 Å². The zero-order valence-electron chi connectivity index (χ0n) is 23.2. The van der Waals surface area contributed by atoms with Gasteiger partial charge in [-0.3, -0.25) is 19.2 Å². The number of hydrogen-bond acceptors (Lipinski definition) is 8. The molecule has 0 aliphatic carbocycles. The van der Waals surface area contributed by atoms with Gasteiger partial charge < -0.3 is 42.1 Å². The SMILES string of the molecule is CCCNC(=O)c1cc(C(=O)O)c(C(=O)Nc2ccc(NC(=O)c3cc(C(=O)O)c(C(N)=O)cc3C(=O)O)cc2)cc1C(=O)O. The third kappa shape index (κ3) is 7.44. The smallest absolute Gasteiger partial charge is 0.336 e. The molecule has 0 saturated heterocycles. The molecule has 3 aromatic rings. The number of carbonyl (C=O) groups is 8. The van der Waals surface area contributed by atoms with Crippen molar-refractivity contribution in [3.05, 3.63) is 93.0 Å². The van der Waals surface area contributed by atoms with Crippen LogP contribution in [0, 0.1) is 0 Å². The van der Waals surface area contributed by atoms with Crippen LogP contribution in [0.25, 0.3) is 0 Å². The Kier molecular flexibility index (Phi) is 9.95. The molecule has 16 nitrogen and oxygen atoms in total. The van der Waals surface area contributed by atoms with E-state index < -0.39 is 92.0 Å². The van der Waals surface area contributed by atoms with Gasteiger partial charge in [0.15, 0.2) is 0 Å². The fourth-order valence-corrected chi connectivity index (χ4v) is 4.04. The van der Waals surface area contributed by atoms with Gasteiger partial charge in [-0.05, 0) is 55.0 Å². The highest BCUT2D eigenvalue weighted by Gasteiger charge is 2.27. The molecule has 0 spiro atoms. The fourth-order valence-electron chi connectivity index (χ4n) is 4.04. The van der Waals surface area contributed by atoms with E-state index in [2.05, 4.69) is 16.0 Å². The zero-order valence-corrected chi connectivity index (χ0v) is 23.2. The first-order chi connectivity index (χ1) is 21.2. The van der Waals surface area contributed by atoms with Gasteiger partial charge in [-0.1, -0.05) is 6.92 Å². The van der Waals surface area contributed by atoms with E-state index in [4.69, 9.17) is 5.73 Å². The Bertz CT molecular complexity index is 1780. The number of nitrogens with one attached hydrogen (secondary N) is 3. The predicted molar refractivity (Wildman–Crippen MR) is 154 cm³/mol. The molecule has 45 heavy (non-hydrogen) atoms. The van der Waals surface area contributed by atoms with Crippen molar-refractivity contribution in [2.75, 3.05) is 17.2 Å². The minimum absolute atomic E-state index is 0.0482. The maximum absolute atomic E-state index is 13.0. The zero-order chi connectivity index (χ0) is 33.6. The molecule has 3 rings (SSSR count). The standard InChI is InChI=1S/C29H24N4O12/c1-2-7-31-23(35)15-9-21(29(44)45)17(11-20(15)28(42)43)25(37)33-13-5-3-12(4-6-13)32-24(36)16-10-18(26(38)39)14(22(30)34)8-19(16)27(40)41/h3-6,8-11H,2,7H2,1H3,(H2,30,34)(H,31,35)(H,32,36)(H,33,37)(H,38,39)(H,40,41)(H,42,43)(H,44,45). The predicted octanol–water partition coefficient (Wildman–Crippen LogP) is 2.22. The number of primary amides is 1. The van der Waals surface area contributed by atoms with Crippen molar-refractivity contribution in [1.82, 2.24) is 5.32 Å². The second kappa shape index (κ2) is 13.6. The highest BCUT2D eigenvalue weighted by molar-refractivity contribution is 6.16. The molecule has 0 aromatic heterocycles. The summed E-state index contributed by atoms with van der Waals surface area (Å²) in [6, 6.07) is 7.96. The quantitative estimate of drug-likeness (QED) is 0.145. The van der Waals surface area contributed by atoms with Crippen LogP contribution in [0.4, 0.5) is 11.4 Å². The Morgan fingerprint density at radius 3 is 1.16 bits per heavy atom. The monoisotopic (exact) mass is 620 g/mol. The van der Waals surface area contributed by atoms with E-state index in [0.717, 1.165) is 12.1 Å². The van der Waals surface area contributed by atoms with Crippen molar-refractivity contribution in [2.24, 2.45) is 5.73 Å². The van der Waals surface area contributed by atoms with E-state index >= 15 is 0 Å². The molecule has 232 valence electrons. The maximum Gasteiger partial charge on any atom is 0.336 e. The summed E-state index contributed by atoms with van der Waals surface area (Å²) in [6.07, 6.45) is 0.530. The van der Waals surface area contributed by atoms with Gasteiger partial charge in [0.05, 0.1) is 44.5 Å². The first-order valence-electron chi connectivity index (χ1n) is 12.8. The van der Waals surface area contributed by atoms with Crippen molar-refractivity contribution < 1.29 is 58.8 Å². The molecule has 0 atom stereocenters. The lowest BCUT2D eigenvalue weighted by Gasteiger charge is -2.14. The van der Waals surface area contributed by atoms with Gasteiger partial charge >= 0.3 is 23.9 Å². The summed E-state index contributed by atoms with van der Waals surface area (Å²) in [7, 11) is 0. The van der Waals surface area contributed by atoms with Crippen molar-refractivity contribution in [3.8, 4) is 0 Å². The van der Waals surface area contributed by atoms with Gasteiger partial charge in [0.1, 0.15) is 0 Å². The number of carboxylic acid groups (broad SMARTS) is 4. The highest BCUT2D eigenvalue weighted by atomic mass is 16.4. The van der Waals surface area contributed by atoms with E-state index in [1.54, 1.807) is 6.92 Å². The molecular weight excluding hydrogens is 596 g/mol. The van der Waals surface area contributed by atoms with E-state index in [9.17, 15) is 58.8 Å². The number of nitrogens with two attached hydrogens (primary N) is 1. The molecule has 0 heterocycles. The number of amides is 4. The molecule has 16 heteroatoms. The average Bonchev–Trinajstić information content (AvgIpc) is 2.98. The van der Waals surface area contributed by atoms with Crippen LogP contribution in [0.1, 0.15) is 96.2 Å². The minimum atomic E-state index is -1.64. The maximum atomic E-state index is 13.0. The van der Waals surface area contributed by atoms with Gasteiger partial charge in [-0.2, -0.15) is 0 Å². The number of carboxylic acids is 4. The molecule has 0 aliphatic rings. The molecule has 0 unspecified atom stereocenters. The lowest BCUT2D eigenvalue weighted by Crippen LogP contribution is -2.27. The molecule has 4 amide bonds. The van der Waals surface area contributed by atoms with Crippen LogP contribution in [0.15, 0.2) is 48.5 Å². The Balaban J connectivity index is 1.89. The summed E-state index contributed by atoms with van der Waals surface area (Å²) in [5.74, 6) is -10.6. The first-order valence-corrected chi connectivity index (χ1v) is 12.8. The van der Waals surface area contributed by atoms with Crippen molar-refractivity contribution in [2.45, 2.75) is 13.3 Å². The van der Waals surface area contributed by atoms with Crippen molar-refractivity contribution in [3.63, 3.8) is 0 Å². The normalized spacial score (nSPS) is 10.3. The third-order valence-corrected chi connectivity index (χ3v) is 6.17. The Hall–Kier alpha value is -6.58. The summed E-state index contributed by atoms with van der Waals surface area (Å²) < 4.78 is 0. The second-order valence-electron chi connectivity index (χ2n) is 9.21. The van der Waals surface area contributed by atoms with E-state index in [1.807, 2.05) is 0 Å². The van der Waals surface area contributed by atoms with Crippen LogP contribution in [0.2, 0.25) is 0 Å². The van der Waals surface area contributed by atoms with Crippen LogP contribution in [-0.4, -0.2) is 74.5 Å². The van der Waals surface area contributed by atoms with E-state index in [-0.39, 0.29) is 17.9 Å². The molecule has 3 aromatic carbocycles. The lowest BCUT2D eigenvalue weighted by molar-refractivity contribution is 0.0676. The minimum Gasteiger partial charge on any atom is -0.478 e. The van der Waals surface area contributed by atoms with E-state index in [1.165, 1.54) is 24.3 Å². The molecule has 0 saturated carbocycles. The van der Waals surface area contributed by atoms with Crippen LogP contribution in [0.3, 0.4) is 0 Å². The summed E-state index contributed by atoms with van der Waals surface area (Å²) in [4.78, 5) is 96.9. The summed E-state index contributed by atoms with van der Waals surface area (Å²) in [6.45, 7) is 1.96. The molecular formula is C29H24N4O12. The number of hydrogen-bond donors (Lipinski definition) is 8. The molecule has 9 N–H and O–H groups in total. The Morgan fingerprint density at radius 1 is 0.533 bits per heavy atom. The Morgan fingerprint density at radius 2 is 0.844 bits per heavy atom.